The molecule has 1 heterocycles. The summed E-state index contributed by atoms with van der Waals surface area (Å²) < 4.78 is 27.0. The number of nitrogens with one attached hydrogen (secondary N) is 1. The first-order chi connectivity index (χ1) is 9.46. The number of hydrogen-bond donors (Lipinski definition) is 1. The van der Waals surface area contributed by atoms with Crippen LogP contribution in [0, 0.1) is 12.8 Å². The zero-order valence-electron chi connectivity index (χ0n) is 12.5. The van der Waals surface area contributed by atoms with Crippen LogP contribution < -0.4 is 5.32 Å². The Balaban J connectivity index is 2.12. The highest BCUT2D eigenvalue weighted by molar-refractivity contribution is 7.89. The Morgan fingerprint density at radius 2 is 1.85 bits per heavy atom. The first kappa shape index (κ1) is 15.5. The fraction of sp³-hybridized carbons (Fsp3) is 0.600. The summed E-state index contributed by atoms with van der Waals surface area (Å²) >= 11 is 0. The molecule has 2 rings (SSSR count). The largest absolute Gasteiger partial charge is 0.317 e. The number of sulfonamides is 1. The van der Waals surface area contributed by atoms with Gasteiger partial charge in [-0.05, 0) is 51.3 Å². The van der Waals surface area contributed by atoms with Gasteiger partial charge in [0.05, 0.1) is 4.90 Å². The van der Waals surface area contributed by atoms with Gasteiger partial charge < -0.3 is 5.32 Å². The monoisotopic (exact) mass is 296 g/mol. The lowest BCUT2D eigenvalue weighted by Crippen LogP contribution is -2.43. The topological polar surface area (TPSA) is 49.4 Å². The smallest absolute Gasteiger partial charge is 0.243 e. The third-order valence-electron chi connectivity index (χ3n) is 4.37. The van der Waals surface area contributed by atoms with Crippen molar-refractivity contribution in [3.05, 3.63) is 29.8 Å². The Kier molecular flexibility index (Phi) is 4.83. The molecule has 112 valence electrons. The fourth-order valence-corrected chi connectivity index (χ4v) is 4.53. The van der Waals surface area contributed by atoms with E-state index in [0.717, 1.165) is 18.4 Å². The van der Waals surface area contributed by atoms with Crippen LogP contribution in [0.4, 0.5) is 0 Å². The molecule has 1 aliphatic heterocycles. The van der Waals surface area contributed by atoms with Gasteiger partial charge >= 0.3 is 0 Å². The number of benzene rings is 1. The minimum atomic E-state index is -3.34. The standard InChI is InChI=1S/C15H24N2O2S/c1-12-6-4-5-7-15(12)20(18,19)17-10-8-14(9-11-17)13(2)16-3/h4-7,13-14,16H,8-11H2,1-3H3. The van der Waals surface area contributed by atoms with E-state index < -0.39 is 10.0 Å². The van der Waals surface area contributed by atoms with Crippen molar-refractivity contribution in [3.8, 4) is 0 Å². The molecule has 1 aliphatic rings. The average Bonchev–Trinajstić information content (AvgIpc) is 2.47. The molecule has 1 fully saturated rings. The zero-order chi connectivity index (χ0) is 14.8. The molecule has 1 aromatic carbocycles. The molecule has 0 aliphatic carbocycles. The van der Waals surface area contributed by atoms with Crippen LogP contribution in [-0.4, -0.2) is 38.9 Å². The van der Waals surface area contributed by atoms with Crippen LogP contribution in [0.15, 0.2) is 29.2 Å². The summed E-state index contributed by atoms with van der Waals surface area (Å²) in [4.78, 5) is 0.445. The van der Waals surface area contributed by atoms with Crippen molar-refractivity contribution in [2.45, 2.75) is 37.6 Å². The van der Waals surface area contributed by atoms with E-state index in [1.165, 1.54) is 0 Å². The number of piperidine rings is 1. The van der Waals surface area contributed by atoms with E-state index in [-0.39, 0.29) is 0 Å². The number of aryl methyl sites for hydroxylation is 1. The zero-order valence-corrected chi connectivity index (χ0v) is 13.3. The summed E-state index contributed by atoms with van der Waals surface area (Å²) in [6.07, 6.45) is 1.85. The molecule has 20 heavy (non-hydrogen) atoms. The first-order valence-corrected chi connectivity index (χ1v) is 8.64. The SMILES string of the molecule is CNC(C)C1CCN(S(=O)(=O)c2ccccc2C)CC1. The van der Waals surface area contributed by atoms with Gasteiger partial charge in [0.1, 0.15) is 0 Å². The van der Waals surface area contributed by atoms with Crippen molar-refractivity contribution >= 4 is 10.0 Å². The van der Waals surface area contributed by atoms with Crippen LogP contribution >= 0.6 is 0 Å². The minimum Gasteiger partial charge on any atom is -0.317 e. The second kappa shape index (κ2) is 6.24. The van der Waals surface area contributed by atoms with Gasteiger partial charge in [-0.2, -0.15) is 4.31 Å². The fourth-order valence-electron chi connectivity index (χ4n) is 2.84. The van der Waals surface area contributed by atoms with Crippen LogP contribution in [0.2, 0.25) is 0 Å². The summed E-state index contributed by atoms with van der Waals surface area (Å²) in [5.74, 6) is 0.559. The van der Waals surface area contributed by atoms with Crippen molar-refractivity contribution in [3.63, 3.8) is 0 Å². The normalized spacial score (nSPS) is 19.9. The molecule has 0 spiro atoms. The van der Waals surface area contributed by atoms with Gasteiger partial charge in [0.15, 0.2) is 0 Å². The summed E-state index contributed by atoms with van der Waals surface area (Å²) in [5, 5.41) is 3.26. The molecule has 0 saturated carbocycles. The molecule has 4 nitrogen and oxygen atoms in total. The lowest BCUT2D eigenvalue weighted by molar-refractivity contribution is 0.236. The lowest BCUT2D eigenvalue weighted by Gasteiger charge is -2.34. The molecular formula is C15H24N2O2S. The predicted molar refractivity (Wildman–Crippen MR) is 81.2 cm³/mol. The molecule has 0 aromatic heterocycles. The molecule has 1 atom stereocenters. The van der Waals surface area contributed by atoms with Crippen LogP contribution in [0.25, 0.3) is 0 Å². The third-order valence-corrected chi connectivity index (χ3v) is 6.43. The quantitative estimate of drug-likeness (QED) is 0.924. The highest BCUT2D eigenvalue weighted by atomic mass is 32.2. The van der Waals surface area contributed by atoms with E-state index in [2.05, 4.69) is 12.2 Å². The van der Waals surface area contributed by atoms with E-state index >= 15 is 0 Å². The maximum atomic E-state index is 12.7. The number of hydrogen-bond acceptors (Lipinski definition) is 3. The minimum absolute atomic E-state index is 0.443. The lowest BCUT2D eigenvalue weighted by atomic mass is 9.91. The van der Waals surface area contributed by atoms with Gasteiger partial charge in [0.2, 0.25) is 10.0 Å². The van der Waals surface area contributed by atoms with Crippen molar-refractivity contribution in [1.82, 2.24) is 9.62 Å². The Labute approximate surface area is 122 Å². The maximum absolute atomic E-state index is 12.7. The Bertz CT molecular complexity index is 549. The molecule has 0 amide bonds. The Morgan fingerprint density at radius 3 is 2.40 bits per heavy atom. The van der Waals surface area contributed by atoms with E-state index in [9.17, 15) is 8.42 Å². The summed E-state index contributed by atoms with van der Waals surface area (Å²) in [6, 6.07) is 7.65. The number of nitrogens with zero attached hydrogens (tertiary/aromatic N) is 1. The van der Waals surface area contributed by atoms with E-state index in [0.29, 0.717) is 29.9 Å². The van der Waals surface area contributed by atoms with Crippen LogP contribution in [0.3, 0.4) is 0 Å². The first-order valence-electron chi connectivity index (χ1n) is 7.20. The Morgan fingerprint density at radius 1 is 1.25 bits per heavy atom. The highest BCUT2D eigenvalue weighted by Gasteiger charge is 2.31. The second-order valence-electron chi connectivity index (χ2n) is 5.58. The van der Waals surface area contributed by atoms with Crippen molar-refractivity contribution < 1.29 is 8.42 Å². The highest BCUT2D eigenvalue weighted by Crippen LogP contribution is 2.26. The second-order valence-corrected chi connectivity index (χ2v) is 7.49. The van der Waals surface area contributed by atoms with Crippen LogP contribution in [-0.2, 0) is 10.0 Å². The van der Waals surface area contributed by atoms with E-state index in [1.807, 2.05) is 26.1 Å². The Hall–Kier alpha value is -0.910. The van der Waals surface area contributed by atoms with Crippen LogP contribution in [0.1, 0.15) is 25.3 Å². The van der Waals surface area contributed by atoms with Crippen molar-refractivity contribution in [2.75, 3.05) is 20.1 Å². The summed E-state index contributed by atoms with van der Waals surface area (Å²) in [7, 11) is -1.38. The maximum Gasteiger partial charge on any atom is 0.243 e. The van der Waals surface area contributed by atoms with Gasteiger partial charge in [0, 0.05) is 19.1 Å². The molecule has 5 heteroatoms. The summed E-state index contributed by atoms with van der Waals surface area (Å²) in [5.41, 5.74) is 0.818. The van der Waals surface area contributed by atoms with E-state index in [4.69, 9.17) is 0 Å². The number of rotatable bonds is 4. The molecule has 0 bridgehead atoms. The third kappa shape index (κ3) is 3.05. The molecule has 1 N–H and O–H groups in total. The molecule has 1 unspecified atom stereocenters. The predicted octanol–water partition coefficient (Wildman–Crippen LogP) is 2.00. The van der Waals surface area contributed by atoms with Crippen molar-refractivity contribution in [1.29, 1.82) is 0 Å². The van der Waals surface area contributed by atoms with Gasteiger partial charge in [-0.25, -0.2) is 8.42 Å². The average molecular weight is 296 g/mol. The molecule has 1 saturated heterocycles. The van der Waals surface area contributed by atoms with Gasteiger partial charge in [-0.1, -0.05) is 18.2 Å². The van der Waals surface area contributed by atoms with Gasteiger partial charge in [0.25, 0.3) is 0 Å². The van der Waals surface area contributed by atoms with Gasteiger partial charge in [-0.3, -0.25) is 0 Å². The molecule has 1 aromatic rings. The van der Waals surface area contributed by atoms with Crippen LogP contribution in [0.5, 0.6) is 0 Å². The molecule has 0 radical (unpaired) electrons. The van der Waals surface area contributed by atoms with Gasteiger partial charge in [-0.15, -0.1) is 0 Å². The van der Waals surface area contributed by atoms with E-state index in [1.54, 1.807) is 16.4 Å². The summed E-state index contributed by atoms with van der Waals surface area (Å²) in [6.45, 7) is 5.25. The van der Waals surface area contributed by atoms with Crippen molar-refractivity contribution in [2.24, 2.45) is 5.92 Å². The molecular weight excluding hydrogens is 272 g/mol.